The summed E-state index contributed by atoms with van der Waals surface area (Å²) in [5, 5.41) is 4.58. The SMILES string of the molecule is [2H]c1c([2H])c([2H])c(-c2ccc(-c3ccc(N(c4ccc5c(c4)oc4ccccc45)c4cccc5sc6ccccc6c45)cc3)cc2)c([2H])c1[2H]. The highest BCUT2D eigenvalue weighted by atomic mass is 32.1. The predicted octanol–water partition coefficient (Wildman–Crippen LogP) is 12.8. The maximum absolute atomic E-state index is 8.37. The molecule has 7 aromatic carbocycles. The van der Waals surface area contributed by atoms with Gasteiger partial charge in [-0.3, -0.25) is 0 Å². The van der Waals surface area contributed by atoms with Crippen LogP contribution in [0, 0.1) is 0 Å². The van der Waals surface area contributed by atoms with Crippen LogP contribution in [0.25, 0.3) is 64.4 Å². The molecule has 0 N–H and O–H groups in total. The van der Waals surface area contributed by atoms with Crippen LogP contribution in [0.5, 0.6) is 0 Å². The molecule has 9 aromatic rings. The Morgan fingerprint density at radius 1 is 0.489 bits per heavy atom. The molecule has 0 aliphatic carbocycles. The highest BCUT2D eigenvalue weighted by Crippen LogP contribution is 2.46. The van der Waals surface area contributed by atoms with Gasteiger partial charge in [0.25, 0.3) is 0 Å². The van der Waals surface area contributed by atoms with E-state index < -0.39 is 6.04 Å². The van der Waals surface area contributed by atoms with Crippen molar-refractivity contribution in [3.63, 3.8) is 0 Å². The lowest BCUT2D eigenvalue weighted by atomic mass is 10.00. The number of rotatable bonds is 5. The molecule has 212 valence electrons. The van der Waals surface area contributed by atoms with Crippen LogP contribution in [0.4, 0.5) is 17.1 Å². The van der Waals surface area contributed by atoms with Gasteiger partial charge in [0, 0.05) is 48.4 Å². The molecule has 0 saturated carbocycles. The van der Waals surface area contributed by atoms with Crippen LogP contribution in [-0.2, 0) is 0 Å². The van der Waals surface area contributed by atoms with Crippen LogP contribution in [-0.4, -0.2) is 0 Å². The monoisotopic (exact) mass is 598 g/mol. The van der Waals surface area contributed by atoms with Gasteiger partial charge in [0.15, 0.2) is 0 Å². The first-order chi connectivity index (χ1) is 24.4. The van der Waals surface area contributed by atoms with E-state index >= 15 is 0 Å². The van der Waals surface area contributed by atoms with Crippen molar-refractivity contribution in [1.29, 1.82) is 0 Å². The van der Waals surface area contributed by atoms with Crippen LogP contribution in [0.1, 0.15) is 6.85 Å². The first kappa shape index (κ1) is 21.1. The second-order valence-corrected chi connectivity index (χ2v) is 12.1. The molecule has 2 heterocycles. The van der Waals surface area contributed by atoms with Crippen LogP contribution in [0.2, 0.25) is 0 Å². The number of fused-ring (bicyclic) bond motifs is 6. The number of anilines is 3. The van der Waals surface area contributed by atoms with Gasteiger partial charge in [-0.15, -0.1) is 11.3 Å². The second-order valence-electron chi connectivity index (χ2n) is 11.0. The average molecular weight is 599 g/mol. The van der Waals surface area contributed by atoms with Crippen molar-refractivity contribution >= 4 is 70.5 Å². The van der Waals surface area contributed by atoms with E-state index in [9.17, 15) is 0 Å². The van der Waals surface area contributed by atoms with Crippen molar-refractivity contribution < 1.29 is 11.3 Å². The minimum atomic E-state index is -0.393. The zero-order chi connectivity index (χ0) is 34.1. The summed E-state index contributed by atoms with van der Waals surface area (Å²) in [6.45, 7) is 0. The first-order valence-corrected chi connectivity index (χ1v) is 15.6. The van der Waals surface area contributed by atoms with Crippen molar-refractivity contribution in [3.05, 3.63) is 164 Å². The molecule has 0 fully saturated rings. The fraction of sp³-hybridized carbons (Fsp3) is 0. The van der Waals surface area contributed by atoms with Crippen molar-refractivity contribution in [2.75, 3.05) is 4.90 Å². The van der Waals surface area contributed by atoms with Crippen molar-refractivity contribution in [1.82, 2.24) is 0 Å². The summed E-state index contributed by atoms with van der Waals surface area (Å²) < 4.78 is 49.6. The van der Waals surface area contributed by atoms with Crippen LogP contribution >= 0.6 is 11.3 Å². The summed E-state index contributed by atoms with van der Waals surface area (Å²) in [5.74, 6) is 0. The molecular formula is C42H27NOS. The highest BCUT2D eigenvalue weighted by molar-refractivity contribution is 7.26. The molecule has 0 bridgehead atoms. The molecule has 0 amide bonds. The summed E-state index contributed by atoms with van der Waals surface area (Å²) in [4.78, 5) is 2.29. The Morgan fingerprint density at radius 3 is 1.91 bits per heavy atom. The Balaban J connectivity index is 1.16. The van der Waals surface area contributed by atoms with Crippen molar-refractivity contribution in [2.24, 2.45) is 0 Å². The summed E-state index contributed by atoms with van der Waals surface area (Å²) in [5.41, 5.74) is 7.45. The maximum Gasteiger partial charge on any atom is 0.137 e. The predicted molar refractivity (Wildman–Crippen MR) is 192 cm³/mol. The molecule has 0 radical (unpaired) electrons. The normalized spacial score (nSPS) is 13.1. The van der Waals surface area contributed by atoms with Gasteiger partial charge in [0.05, 0.1) is 12.5 Å². The number of hydrogen-bond acceptors (Lipinski definition) is 3. The number of thiophene rings is 1. The molecule has 0 atom stereocenters. The molecule has 0 saturated heterocycles. The van der Waals surface area contributed by atoms with Gasteiger partial charge in [-0.05, 0) is 70.8 Å². The molecule has 0 aliphatic heterocycles. The average Bonchev–Trinajstić information content (AvgIpc) is 3.72. The summed E-state index contributed by atoms with van der Waals surface area (Å²) in [7, 11) is 0. The fourth-order valence-electron chi connectivity index (χ4n) is 6.25. The lowest BCUT2D eigenvalue weighted by molar-refractivity contribution is 0.669. The third-order valence-electron chi connectivity index (χ3n) is 8.37. The fourth-order valence-corrected chi connectivity index (χ4v) is 7.38. The lowest BCUT2D eigenvalue weighted by Gasteiger charge is -2.26. The van der Waals surface area contributed by atoms with E-state index in [1.807, 2.05) is 42.5 Å². The Kier molecular flexibility index (Phi) is 4.94. The van der Waals surface area contributed by atoms with Gasteiger partial charge in [-0.25, -0.2) is 0 Å². The summed E-state index contributed by atoms with van der Waals surface area (Å²) in [6, 6.07) is 44.0. The number of para-hydroxylation sites is 1. The van der Waals surface area contributed by atoms with Crippen LogP contribution in [0.3, 0.4) is 0 Å². The molecule has 2 aromatic heterocycles. The van der Waals surface area contributed by atoms with Crippen molar-refractivity contribution in [2.45, 2.75) is 0 Å². The lowest BCUT2D eigenvalue weighted by Crippen LogP contribution is -2.10. The number of furan rings is 1. The van der Waals surface area contributed by atoms with Gasteiger partial charge in [0.1, 0.15) is 11.2 Å². The van der Waals surface area contributed by atoms with E-state index in [0.717, 1.165) is 50.1 Å². The second kappa shape index (κ2) is 10.5. The van der Waals surface area contributed by atoms with Crippen molar-refractivity contribution in [3.8, 4) is 22.3 Å². The van der Waals surface area contributed by atoms with E-state index in [-0.39, 0.29) is 29.7 Å². The van der Waals surface area contributed by atoms with E-state index in [4.69, 9.17) is 11.3 Å². The molecule has 0 spiro atoms. The maximum atomic E-state index is 8.37. The van der Waals surface area contributed by atoms with E-state index in [2.05, 4.69) is 95.9 Å². The summed E-state index contributed by atoms with van der Waals surface area (Å²) >= 11 is 1.79. The zero-order valence-corrected chi connectivity index (χ0v) is 24.8. The first-order valence-electron chi connectivity index (χ1n) is 17.3. The summed E-state index contributed by atoms with van der Waals surface area (Å²) in [6.07, 6.45) is 0. The molecule has 45 heavy (non-hydrogen) atoms. The van der Waals surface area contributed by atoms with Crippen LogP contribution in [0.15, 0.2) is 168 Å². The molecule has 0 unspecified atom stereocenters. The Bertz CT molecular complexity index is 2740. The molecule has 3 heteroatoms. The van der Waals surface area contributed by atoms with E-state index in [1.54, 1.807) is 11.3 Å². The zero-order valence-electron chi connectivity index (χ0n) is 29.0. The number of nitrogens with zero attached hydrogens (tertiary/aromatic N) is 1. The topological polar surface area (TPSA) is 16.4 Å². The quantitative estimate of drug-likeness (QED) is 0.196. The minimum absolute atomic E-state index is 0.199. The third-order valence-corrected chi connectivity index (χ3v) is 9.51. The minimum Gasteiger partial charge on any atom is -0.456 e. The molecule has 9 rings (SSSR count). The molecular weight excluding hydrogens is 567 g/mol. The molecule has 2 nitrogen and oxygen atoms in total. The van der Waals surface area contributed by atoms with Gasteiger partial charge in [-0.1, -0.05) is 109 Å². The van der Waals surface area contributed by atoms with Gasteiger partial charge < -0.3 is 9.32 Å². The highest BCUT2D eigenvalue weighted by Gasteiger charge is 2.20. The Hall–Kier alpha value is -5.64. The molecule has 0 aliphatic rings. The largest absolute Gasteiger partial charge is 0.456 e. The Morgan fingerprint density at radius 2 is 1.11 bits per heavy atom. The smallest absolute Gasteiger partial charge is 0.137 e. The van der Waals surface area contributed by atoms with E-state index in [0.29, 0.717) is 5.56 Å². The third kappa shape index (κ3) is 4.40. The van der Waals surface area contributed by atoms with Gasteiger partial charge >= 0.3 is 0 Å². The van der Waals surface area contributed by atoms with Crippen LogP contribution < -0.4 is 4.90 Å². The van der Waals surface area contributed by atoms with Gasteiger partial charge in [0.2, 0.25) is 0 Å². The number of benzene rings is 7. The standard InChI is InChI=1S/C42H27NOS/c1-2-9-28(10-3-1)29-17-19-30(20-18-29)31-21-23-32(24-22-31)43(33-25-26-35-34-11-4-6-14-38(34)44-39(35)27-33)37-13-8-16-41-42(37)36-12-5-7-15-40(36)45-41/h1-27H/i1D,2D,3D,9D,10D. The van der Waals surface area contributed by atoms with E-state index in [1.165, 1.54) is 20.2 Å². The van der Waals surface area contributed by atoms with Gasteiger partial charge in [-0.2, -0.15) is 0 Å². The number of hydrogen-bond donors (Lipinski definition) is 0. The Labute approximate surface area is 272 Å².